The Morgan fingerprint density at radius 2 is 1.27 bits per heavy atom. The molecule has 7 rings (SSSR count). The molecule has 0 N–H and O–H groups in total. The van der Waals surface area contributed by atoms with Gasteiger partial charge in [0.05, 0.1) is 0 Å². The lowest BCUT2D eigenvalue weighted by molar-refractivity contribution is 0.652. The standard InChI is InChI=1S/C33H26/c1-33(2)28-19-17-24(21-9-5-3-6-10-21)26-15-13-23-14-16-27-25(22-11-7-4-8-12-22)18-20-29(33)32(27)30(23)31(26)28/h3,5-7,9-20H,4,8H2,1-2H3. The number of hydrogen-bond acceptors (Lipinski definition) is 0. The Morgan fingerprint density at radius 1 is 0.606 bits per heavy atom. The van der Waals surface area contributed by atoms with E-state index in [0.717, 1.165) is 12.8 Å². The zero-order valence-electron chi connectivity index (χ0n) is 19.2. The van der Waals surface area contributed by atoms with Gasteiger partial charge in [0, 0.05) is 5.41 Å². The third kappa shape index (κ3) is 2.52. The van der Waals surface area contributed by atoms with Crippen molar-refractivity contribution in [3.8, 4) is 11.1 Å². The first-order chi connectivity index (χ1) is 16.1. The summed E-state index contributed by atoms with van der Waals surface area (Å²) in [5.41, 5.74) is 8.16. The monoisotopic (exact) mass is 422 g/mol. The molecule has 0 aromatic heterocycles. The van der Waals surface area contributed by atoms with Crippen LogP contribution in [0.3, 0.4) is 0 Å². The summed E-state index contributed by atoms with van der Waals surface area (Å²) in [7, 11) is 0. The maximum absolute atomic E-state index is 2.40. The molecular formula is C33H26. The highest BCUT2D eigenvalue weighted by Gasteiger charge is 2.33. The van der Waals surface area contributed by atoms with Gasteiger partial charge in [-0.15, -0.1) is 0 Å². The maximum atomic E-state index is 2.40. The van der Waals surface area contributed by atoms with Gasteiger partial charge in [0.15, 0.2) is 0 Å². The van der Waals surface area contributed by atoms with E-state index in [1.807, 2.05) is 0 Å². The minimum Gasteiger partial charge on any atom is -0.0836 e. The van der Waals surface area contributed by atoms with Gasteiger partial charge in [-0.05, 0) is 78.5 Å². The molecule has 158 valence electrons. The molecule has 0 heterocycles. The van der Waals surface area contributed by atoms with Gasteiger partial charge in [-0.25, -0.2) is 0 Å². The molecule has 0 saturated carbocycles. The normalized spacial score (nSPS) is 16.2. The van der Waals surface area contributed by atoms with Crippen molar-refractivity contribution in [1.29, 1.82) is 0 Å². The van der Waals surface area contributed by atoms with Crippen molar-refractivity contribution in [2.75, 3.05) is 0 Å². The van der Waals surface area contributed by atoms with Crippen LogP contribution in [0.5, 0.6) is 0 Å². The third-order valence-corrected chi connectivity index (χ3v) is 7.88. The van der Waals surface area contributed by atoms with Gasteiger partial charge in [-0.3, -0.25) is 0 Å². The van der Waals surface area contributed by atoms with Crippen LogP contribution in [0.1, 0.15) is 43.4 Å². The van der Waals surface area contributed by atoms with Crippen LogP contribution in [0.15, 0.2) is 97.1 Å². The number of hydrogen-bond donors (Lipinski definition) is 0. The smallest absolute Gasteiger partial charge is 0.0159 e. The Hall–Kier alpha value is -3.64. The third-order valence-electron chi connectivity index (χ3n) is 7.88. The van der Waals surface area contributed by atoms with Crippen molar-refractivity contribution in [2.24, 2.45) is 0 Å². The topological polar surface area (TPSA) is 0 Å². The second-order valence-corrected chi connectivity index (χ2v) is 10.0. The number of allylic oxidation sites excluding steroid dienone is 4. The van der Waals surface area contributed by atoms with Gasteiger partial charge in [0.25, 0.3) is 0 Å². The van der Waals surface area contributed by atoms with Crippen LogP contribution in [-0.4, -0.2) is 0 Å². The molecule has 0 spiro atoms. The Labute approximate surface area is 194 Å². The second-order valence-electron chi connectivity index (χ2n) is 10.0. The first kappa shape index (κ1) is 18.9. The molecule has 0 nitrogen and oxygen atoms in total. The molecule has 0 heteroatoms. The lowest BCUT2D eigenvalue weighted by Gasteiger charge is -2.35. The van der Waals surface area contributed by atoms with E-state index >= 15 is 0 Å². The summed E-state index contributed by atoms with van der Waals surface area (Å²) in [4.78, 5) is 0. The van der Waals surface area contributed by atoms with Crippen molar-refractivity contribution in [3.05, 3.63) is 114 Å². The van der Waals surface area contributed by atoms with E-state index in [2.05, 4.69) is 111 Å². The molecule has 0 saturated heterocycles. The lowest BCUT2D eigenvalue weighted by atomic mass is 9.68. The van der Waals surface area contributed by atoms with E-state index in [0.29, 0.717) is 0 Å². The Morgan fingerprint density at radius 3 is 1.94 bits per heavy atom. The second kappa shape index (κ2) is 6.68. The number of rotatable bonds is 2. The summed E-state index contributed by atoms with van der Waals surface area (Å²) in [6.45, 7) is 4.79. The molecule has 2 aliphatic carbocycles. The van der Waals surface area contributed by atoms with Crippen LogP contribution in [0, 0.1) is 0 Å². The van der Waals surface area contributed by atoms with Gasteiger partial charge in [0.1, 0.15) is 0 Å². The summed E-state index contributed by atoms with van der Waals surface area (Å²) < 4.78 is 0. The van der Waals surface area contributed by atoms with Gasteiger partial charge in [-0.1, -0.05) is 111 Å². The molecule has 5 aromatic carbocycles. The molecule has 0 unspecified atom stereocenters. The highest BCUT2D eigenvalue weighted by atomic mass is 14.4. The summed E-state index contributed by atoms with van der Waals surface area (Å²) in [6.07, 6.45) is 9.29. The van der Waals surface area contributed by atoms with Gasteiger partial charge >= 0.3 is 0 Å². The van der Waals surface area contributed by atoms with Crippen molar-refractivity contribution < 1.29 is 0 Å². The van der Waals surface area contributed by atoms with E-state index < -0.39 is 0 Å². The number of benzene rings is 5. The van der Waals surface area contributed by atoms with Crippen LogP contribution in [0.25, 0.3) is 49.0 Å². The fourth-order valence-corrected chi connectivity index (χ4v) is 6.23. The van der Waals surface area contributed by atoms with Crippen LogP contribution in [-0.2, 0) is 5.41 Å². The molecule has 5 aromatic rings. The molecule has 33 heavy (non-hydrogen) atoms. The van der Waals surface area contributed by atoms with Crippen LogP contribution < -0.4 is 0 Å². The minimum atomic E-state index is -0.0519. The highest BCUT2D eigenvalue weighted by molar-refractivity contribution is 6.27. The maximum Gasteiger partial charge on any atom is 0.0159 e. The summed E-state index contributed by atoms with van der Waals surface area (Å²) in [5, 5.41) is 8.38. The minimum absolute atomic E-state index is 0.0519. The van der Waals surface area contributed by atoms with Crippen LogP contribution in [0.2, 0.25) is 0 Å². The van der Waals surface area contributed by atoms with Crippen molar-refractivity contribution in [1.82, 2.24) is 0 Å². The molecule has 2 aliphatic rings. The summed E-state index contributed by atoms with van der Waals surface area (Å²) in [6, 6.07) is 29.6. The molecule has 0 radical (unpaired) electrons. The Bertz CT molecular complexity index is 1660. The van der Waals surface area contributed by atoms with Gasteiger partial charge in [-0.2, -0.15) is 0 Å². The Kier molecular flexibility index (Phi) is 3.82. The average Bonchev–Trinajstić information content (AvgIpc) is 2.87. The molecule has 0 bridgehead atoms. The summed E-state index contributed by atoms with van der Waals surface area (Å²) >= 11 is 0. The first-order valence-electron chi connectivity index (χ1n) is 12.0. The largest absolute Gasteiger partial charge is 0.0836 e. The average molecular weight is 423 g/mol. The van der Waals surface area contributed by atoms with Crippen molar-refractivity contribution in [3.63, 3.8) is 0 Å². The zero-order valence-corrected chi connectivity index (χ0v) is 19.2. The predicted molar refractivity (Wildman–Crippen MR) is 143 cm³/mol. The van der Waals surface area contributed by atoms with Crippen LogP contribution in [0.4, 0.5) is 0 Å². The lowest BCUT2D eigenvalue weighted by Crippen LogP contribution is -2.22. The predicted octanol–water partition coefficient (Wildman–Crippen LogP) is 9.19. The quantitative estimate of drug-likeness (QED) is 0.249. The first-order valence-corrected chi connectivity index (χ1v) is 12.0. The van der Waals surface area contributed by atoms with Crippen molar-refractivity contribution >= 4 is 37.9 Å². The molecule has 0 fully saturated rings. The SMILES string of the molecule is CC1(C)c2ccc(C3=CCCC=C3)c3ccc4ccc5c(-c6ccccc6)ccc1c5c4c23. The molecular weight excluding hydrogens is 396 g/mol. The summed E-state index contributed by atoms with van der Waals surface area (Å²) in [5.74, 6) is 0. The van der Waals surface area contributed by atoms with Gasteiger partial charge < -0.3 is 0 Å². The zero-order chi connectivity index (χ0) is 22.2. The van der Waals surface area contributed by atoms with E-state index in [-0.39, 0.29) is 5.41 Å². The van der Waals surface area contributed by atoms with E-state index in [1.165, 1.54) is 65.7 Å². The van der Waals surface area contributed by atoms with Gasteiger partial charge in [0.2, 0.25) is 0 Å². The van der Waals surface area contributed by atoms with E-state index in [1.54, 1.807) is 0 Å². The fraction of sp³-hybridized carbons (Fsp3) is 0.152. The van der Waals surface area contributed by atoms with E-state index in [9.17, 15) is 0 Å². The molecule has 0 atom stereocenters. The van der Waals surface area contributed by atoms with Crippen molar-refractivity contribution in [2.45, 2.75) is 32.1 Å². The molecule has 0 amide bonds. The van der Waals surface area contributed by atoms with E-state index in [4.69, 9.17) is 0 Å². The van der Waals surface area contributed by atoms with Crippen LogP contribution >= 0.6 is 0 Å². The molecule has 0 aliphatic heterocycles. The highest BCUT2D eigenvalue weighted by Crippen LogP contribution is 2.51. The Balaban J connectivity index is 1.68. The fourth-order valence-electron chi connectivity index (χ4n) is 6.23.